The Bertz CT molecular complexity index is 1620. The molecule has 3 aromatic rings. The minimum Gasteiger partial charge on any atom is -0.488 e. The Balaban J connectivity index is 1.16. The topological polar surface area (TPSA) is 124 Å². The number of halogens is 1. The van der Waals surface area contributed by atoms with E-state index >= 15 is 0 Å². The largest absolute Gasteiger partial charge is 0.488 e. The van der Waals surface area contributed by atoms with Gasteiger partial charge < -0.3 is 29.5 Å². The van der Waals surface area contributed by atoms with Gasteiger partial charge in [-0.3, -0.25) is 4.79 Å². The lowest BCUT2D eigenvalue weighted by atomic mass is 9.61. The van der Waals surface area contributed by atoms with Crippen LogP contribution in [0.5, 0.6) is 11.6 Å². The van der Waals surface area contributed by atoms with E-state index < -0.39 is 5.82 Å². The molecule has 228 valence electrons. The Morgan fingerprint density at radius 2 is 1.95 bits per heavy atom. The highest BCUT2D eigenvalue weighted by atomic mass is 19.1. The van der Waals surface area contributed by atoms with Crippen molar-refractivity contribution in [2.75, 3.05) is 51.8 Å². The van der Waals surface area contributed by atoms with E-state index in [2.05, 4.69) is 21.3 Å². The number of urea groups is 1. The van der Waals surface area contributed by atoms with E-state index in [9.17, 15) is 19.2 Å². The van der Waals surface area contributed by atoms with Crippen LogP contribution in [0.2, 0.25) is 0 Å². The number of nitriles is 1. The maximum Gasteiger partial charge on any atom is 0.319 e. The number of pyridine rings is 2. The van der Waals surface area contributed by atoms with Crippen molar-refractivity contribution in [3.8, 4) is 29.0 Å². The maximum atomic E-state index is 13.6. The van der Waals surface area contributed by atoms with Gasteiger partial charge in [0.1, 0.15) is 18.0 Å². The first kappa shape index (κ1) is 29.2. The van der Waals surface area contributed by atoms with Crippen LogP contribution in [-0.4, -0.2) is 90.7 Å². The van der Waals surface area contributed by atoms with Crippen LogP contribution in [0.25, 0.3) is 11.3 Å². The predicted octanol–water partition coefficient (Wildman–Crippen LogP) is 3.70. The standard InChI is InChI=1S/C32H34FN7O4/c1-4-43-30-24(6-5-11-35-30)25-8-10-27(28(37-25)29(41)36-22-16-39(17-22)31(42)38(2)3)44-23-13-32(14-23)18-40(19-32)26-9-7-21(33)12-20(26)15-34/h5-12,22-23H,4,13-14,16-19H2,1-3H3,(H,36,41). The molecule has 2 saturated heterocycles. The number of hydrogen-bond acceptors (Lipinski definition) is 8. The van der Waals surface area contributed by atoms with E-state index in [0.717, 1.165) is 31.6 Å². The molecule has 12 heteroatoms. The zero-order valence-corrected chi connectivity index (χ0v) is 24.9. The number of anilines is 1. The Labute approximate surface area is 255 Å². The van der Waals surface area contributed by atoms with Crippen molar-refractivity contribution in [1.82, 2.24) is 25.1 Å². The highest BCUT2D eigenvalue weighted by Crippen LogP contribution is 2.51. The molecule has 1 spiro atoms. The smallest absolute Gasteiger partial charge is 0.319 e. The number of benzene rings is 1. The Morgan fingerprint density at radius 3 is 2.66 bits per heavy atom. The summed E-state index contributed by atoms with van der Waals surface area (Å²) in [6.07, 6.45) is 3.12. The number of amides is 3. The van der Waals surface area contributed by atoms with E-state index in [-0.39, 0.29) is 35.2 Å². The van der Waals surface area contributed by atoms with Crippen LogP contribution in [0.1, 0.15) is 35.8 Å². The summed E-state index contributed by atoms with van der Waals surface area (Å²) in [6.45, 7) is 4.64. The van der Waals surface area contributed by atoms with Crippen LogP contribution in [0.3, 0.4) is 0 Å². The molecule has 0 radical (unpaired) electrons. The van der Waals surface area contributed by atoms with E-state index in [4.69, 9.17) is 14.5 Å². The zero-order chi connectivity index (χ0) is 31.0. The third-order valence-corrected chi connectivity index (χ3v) is 8.36. The van der Waals surface area contributed by atoms with Gasteiger partial charge in [-0.2, -0.15) is 5.26 Å². The second kappa shape index (κ2) is 11.6. The second-order valence-electron chi connectivity index (χ2n) is 11.9. The van der Waals surface area contributed by atoms with E-state index in [1.165, 1.54) is 17.0 Å². The number of likely N-dealkylation sites (tertiary alicyclic amines) is 1. The van der Waals surface area contributed by atoms with E-state index in [0.29, 0.717) is 48.1 Å². The lowest BCUT2D eigenvalue weighted by Gasteiger charge is -2.59. The van der Waals surface area contributed by atoms with Crippen molar-refractivity contribution >= 4 is 17.6 Å². The highest BCUT2D eigenvalue weighted by Gasteiger charge is 2.54. The summed E-state index contributed by atoms with van der Waals surface area (Å²) in [5.74, 6) is 0.00631. The van der Waals surface area contributed by atoms with Crippen LogP contribution in [0.15, 0.2) is 48.7 Å². The van der Waals surface area contributed by atoms with Crippen LogP contribution in [0.4, 0.5) is 14.9 Å². The van der Waals surface area contributed by atoms with Gasteiger partial charge in [-0.25, -0.2) is 19.2 Å². The number of ether oxygens (including phenoxy) is 2. The van der Waals surface area contributed by atoms with Crippen molar-refractivity contribution in [2.24, 2.45) is 5.41 Å². The fraction of sp³-hybridized carbons (Fsp3) is 0.406. The molecule has 3 amide bonds. The molecule has 1 aromatic carbocycles. The molecular weight excluding hydrogens is 565 g/mol. The second-order valence-corrected chi connectivity index (χ2v) is 11.9. The van der Waals surface area contributed by atoms with Gasteiger partial charge in [0.05, 0.1) is 35.2 Å². The van der Waals surface area contributed by atoms with Crippen LogP contribution in [-0.2, 0) is 0 Å². The summed E-state index contributed by atoms with van der Waals surface area (Å²) in [4.78, 5) is 40.1. The average Bonchev–Trinajstić information content (AvgIpc) is 2.95. The molecule has 0 bridgehead atoms. The number of carbonyl (C=O) groups is 2. The first-order chi connectivity index (χ1) is 21.2. The van der Waals surface area contributed by atoms with Crippen molar-refractivity contribution < 1.29 is 23.5 Å². The molecule has 11 nitrogen and oxygen atoms in total. The predicted molar refractivity (Wildman–Crippen MR) is 160 cm³/mol. The molecule has 2 aromatic heterocycles. The third kappa shape index (κ3) is 5.57. The average molecular weight is 600 g/mol. The van der Waals surface area contributed by atoms with Crippen LogP contribution >= 0.6 is 0 Å². The zero-order valence-electron chi connectivity index (χ0n) is 24.9. The van der Waals surface area contributed by atoms with E-state index in [1.54, 1.807) is 49.5 Å². The Morgan fingerprint density at radius 1 is 1.18 bits per heavy atom. The van der Waals surface area contributed by atoms with Gasteiger partial charge in [-0.05, 0) is 62.2 Å². The van der Waals surface area contributed by atoms with Gasteiger partial charge >= 0.3 is 6.03 Å². The Hall–Kier alpha value is -4.92. The molecule has 44 heavy (non-hydrogen) atoms. The summed E-state index contributed by atoms with van der Waals surface area (Å²) in [5.41, 5.74) is 2.48. The summed E-state index contributed by atoms with van der Waals surface area (Å²) in [5, 5.41) is 12.4. The summed E-state index contributed by atoms with van der Waals surface area (Å²) in [6, 6.07) is 13.3. The molecule has 1 saturated carbocycles. The van der Waals surface area contributed by atoms with Gasteiger partial charge in [0.25, 0.3) is 5.91 Å². The number of carbonyl (C=O) groups excluding carboxylic acids is 2. The minimum atomic E-state index is -0.425. The van der Waals surface area contributed by atoms with Gasteiger partial charge in [0.2, 0.25) is 5.88 Å². The lowest BCUT2D eigenvalue weighted by Crippen LogP contribution is -2.65. The number of nitrogens with zero attached hydrogens (tertiary/aromatic N) is 6. The molecule has 1 aliphatic carbocycles. The van der Waals surface area contributed by atoms with E-state index in [1.807, 2.05) is 13.0 Å². The summed E-state index contributed by atoms with van der Waals surface area (Å²) < 4.78 is 25.7. The fourth-order valence-electron chi connectivity index (χ4n) is 6.19. The van der Waals surface area contributed by atoms with Gasteiger partial charge in [0.15, 0.2) is 11.4 Å². The first-order valence-corrected chi connectivity index (χ1v) is 14.7. The molecule has 3 fully saturated rings. The molecule has 4 heterocycles. The number of aromatic nitrogens is 2. The molecule has 3 aliphatic rings. The van der Waals surface area contributed by atoms with Gasteiger partial charge in [-0.15, -0.1) is 0 Å². The van der Waals surface area contributed by atoms with Gasteiger partial charge in [-0.1, -0.05) is 0 Å². The van der Waals surface area contributed by atoms with Crippen molar-refractivity contribution in [3.63, 3.8) is 0 Å². The van der Waals surface area contributed by atoms with Crippen molar-refractivity contribution in [1.29, 1.82) is 5.26 Å². The molecule has 6 rings (SSSR count). The molecule has 2 aliphatic heterocycles. The first-order valence-electron chi connectivity index (χ1n) is 14.7. The van der Waals surface area contributed by atoms with Crippen molar-refractivity contribution in [2.45, 2.75) is 31.9 Å². The van der Waals surface area contributed by atoms with Crippen molar-refractivity contribution in [3.05, 3.63) is 65.7 Å². The fourth-order valence-corrected chi connectivity index (χ4v) is 6.19. The monoisotopic (exact) mass is 599 g/mol. The normalized spacial score (nSPS) is 17.2. The lowest BCUT2D eigenvalue weighted by molar-refractivity contribution is -0.0344. The molecule has 0 unspecified atom stereocenters. The minimum absolute atomic E-state index is 0.0536. The van der Waals surface area contributed by atoms with Crippen LogP contribution < -0.4 is 19.7 Å². The Kier molecular flexibility index (Phi) is 7.71. The summed E-state index contributed by atoms with van der Waals surface area (Å²) in [7, 11) is 3.39. The highest BCUT2D eigenvalue weighted by molar-refractivity contribution is 5.96. The summed E-state index contributed by atoms with van der Waals surface area (Å²) >= 11 is 0. The SMILES string of the molecule is CCOc1ncccc1-c1ccc(OC2CC3(C2)CN(c2ccc(F)cc2C#N)C3)c(C(=O)NC2CN(C(=O)N(C)C)C2)n1. The molecule has 0 atom stereocenters. The van der Waals surface area contributed by atoms with Crippen LogP contribution in [0, 0.1) is 22.6 Å². The molecular formula is C32H34FN7O4. The maximum absolute atomic E-state index is 13.6. The number of hydrogen-bond donors (Lipinski definition) is 1. The number of nitrogens with one attached hydrogen (secondary N) is 1. The quantitative estimate of drug-likeness (QED) is 0.416. The number of rotatable bonds is 8. The molecule has 1 N–H and O–H groups in total. The van der Waals surface area contributed by atoms with Gasteiger partial charge in [0, 0.05) is 51.9 Å². The third-order valence-electron chi connectivity index (χ3n) is 8.36.